The number of nitrogens with zero attached hydrogens (tertiary/aromatic N) is 2. The molecule has 0 saturated heterocycles. The van der Waals surface area contributed by atoms with Crippen LogP contribution in [0.4, 0.5) is 0 Å². The monoisotopic (exact) mass is 294 g/mol. The van der Waals surface area contributed by atoms with Gasteiger partial charge in [-0.3, -0.25) is 14.8 Å². The molecule has 18 heavy (non-hydrogen) atoms. The summed E-state index contributed by atoms with van der Waals surface area (Å²) in [6, 6.07) is 0. The van der Waals surface area contributed by atoms with E-state index in [-0.39, 0.29) is 15.1 Å². The highest BCUT2D eigenvalue weighted by atomic mass is 32.2. The zero-order valence-electron chi connectivity index (χ0n) is 8.07. The molecule has 0 radical (unpaired) electrons. The highest BCUT2D eigenvalue weighted by Gasteiger charge is 2.28. The second kappa shape index (κ2) is 3.58. The fourth-order valence-corrected chi connectivity index (χ4v) is 2.91. The number of imidazole rings is 1. The van der Waals surface area contributed by atoms with Gasteiger partial charge in [0.05, 0.1) is 0 Å². The zero-order valence-corrected chi connectivity index (χ0v) is 9.70. The van der Waals surface area contributed by atoms with Crippen molar-refractivity contribution in [3.05, 3.63) is 31.3 Å². The Bertz CT molecular complexity index is 884. The van der Waals surface area contributed by atoms with Crippen LogP contribution in [0.1, 0.15) is 0 Å². The zero-order chi connectivity index (χ0) is 13.0. The van der Waals surface area contributed by atoms with Gasteiger partial charge in [-0.25, -0.2) is 18.0 Å². The molecule has 0 amide bonds. The van der Waals surface area contributed by atoms with Crippen molar-refractivity contribution in [3.63, 3.8) is 0 Å². The molecule has 2 aromatic heterocycles. The van der Waals surface area contributed by atoms with E-state index in [2.05, 4.69) is 18.6 Å². The van der Waals surface area contributed by atoms with Crippen LogP contribution in [0.2, 0.25) is 0 Å². The normalized spacial score (nSPS) is 23.1. The summed E-state index contributed by atoms with van der Waals surface area (Å²) in [5.74, 6) is 0. The number of nitrogens with one attached hydrogen (secondary N) is 2. The van der Waals surface area contributed by atoms with E-state index in [9.17, 15) is 22.8 Å². The molecule has 0 spiro atoms. The number of rotatable bonds is 0. The third-order valence-corrected chi connectivity index (χ3v) is 3.81. The van der Waals surface area contributed by atoms with E-state index in [1.807, 2.05) is 0 Å². The van der Waals surface area contributed by atoms with Gasteiger partial charge in [0, 0.05) is 0 Å². The molecule has 0 aliphatic carbocycles. The summed E-state index contributed by atoms with van der Waals surface area (Å²) in [6.45, 7) is 0. The van der Waals surface area contributed by atoms with Crippen LogP contribution in [-0.2, 0) is 31.2 Å². The average molecular weight is 294 g/mol. The first-order valence-electron chi connectivity index (χ1n) is 4.21. The molecule has 3 rings (SSSR count). The van der Waals surface area contributed by atoms with Crippen molar-refractivity contribution in [2.75, 3.05) is 0 Å². The van der Waals surface area contributed by atoms with E-state index in [0.29, 0.717) is 3.97 Å². The van der Waals surface area contributed by atoms with Crippen LogP contribution in [0, 0.1) is 0 Å². The molecule has 2 atom stereocenters. The van der Waals surface area contributed by atoms with Crippen molar-refractivity contribution >= 4 is 33.7 Å². The van der Waals surface area contributed by atoms with Gasteiger partial charge in [0.25, 0.3) is 5.56 Å². The maximum Gasteiger partial charge on any atom is 0.360 e. The summed E-state index contributed by atoms with van der Waals surface area (Å²) in [7, 11) is 0. The number of H-pyrrole nitrogens is 2. The predicted octanol–water partition coefficient (Wildman–Crippen LogP) is -3.01. The number of aromatic amines is 2. The van der Waals surface area contributed by atoms with Gasteiger partial charge < -0.3 is 0 Å². The molecule has 1 aliphatic heterocycles. The molecule has 11 nitrogen and oxygen atoms in total. The summed E-state index contributed by atoms with van der Waals surface area (Å²) in [5, 5.41) is 0. The van der Waals surface area contributed by atoms with E-state index in [1.54, 1.807) is 0 Å². The Kier molecular flexibility index (Phi) is 2.24. The van der Waals surface area contributed by atoms with Crippen molar-refractivity contribution < 1.29 is 17.1 Å². The lowest BCUT2D eigenvalue weighted by Gasteiger charge is -2.00. The Morgan fingerprint density at radius 1 is 0.944 bits per heavy atom. The van der Waals surface area contributed by atoms with Crippen LogP contribution >= 0.6 is 0 Å². The molecule has 13 heteroatoms. The van der Waals surface area contributed by atoms with Gasteiger partial charge in [-0.15, -0.1) is 3.97 Å². The number of aromatic nitrogens is 4. The smallest absolute Gasteiger partial charge is 0.300 e. The topological polar surface area (TPSA) is 145 Å². The molecule has 3 heterocycles. The molecule has 0 aromatic carbocycles. The fourth-order valence-electron chi connectivity index (χ4n) is 1.43. The first-order chi connectivity index (χ1) is 8.50. The largest absolute Gasteiger partial charge is 0.360 e. The Hall–Kier alpha value is -1.83. The Labute approximate surface area is 100 Å². The van der Waals surface area contributed by atoms with E-state index >= 15 is 0 Å². The second-order valence-electron chi connectivity index (χ2n) is 3.05. The fraction of sp³-hybridized carbons (Fsp3) is 0. The maximum absolute atomic E-state index is 11.8. The molecule has 2 unspecified atom stereocenters. The molecule has 0 saturated carbocycles. The molecule has 2 bridgehead atoms. The standard InChI is InChI=1S/C5H2N4O7S2/c10-3-1-2(7-4(11)6-1)8-5(12)9(3)18(14)16-15-17(8)13/h(H2,6,7,11). The van der Waals surface area contributed by atoms with E-state index in [1.165, 1.54) is 0 Å². The second-order valence-corrected chi connectivity index (χ2v) is 4.92. The van der Waals surface area contributed by atoms with Gasteiger partial charge in [-0.05, 0) is 0 Å². The third-order valence-electron chi connectivity index (χ3n) is 2.10. The minimum Gasteiger partial charge on any atom is -0.300 e. The summed E-state index contributed by atoms with van der Waals surface area (Å²) in [6.07, 6.45) is 0. The first kappa shape index (κ1) is 11.3. The average Bonchev–Trinajstić information content (AvgIpc) is 2.64. The maximum atomic E-state index is 11.8. The van der Waals surface area contributed by atoms with E-state index < -0.39 is 39.5 Å². The number of hydrogen-bond acceptors (Lipinski definition) is 7. The Balaban J connectivity index is 2.70. The quantitative estimate of drug-likeness (QED) is 0.492. The Morgan fingerprint density at radius 3 is 2.22 bits per heavy atom. The molecule has 0 fully saturated rings. The highest BCUT2D eigenvalue weighted by Crippen LogP contribution is 2.06. The minimum atomic E-state index is -2.60. The Morgan fingerprint density at radius 2 is 1.56 bits per heavy atom. The van der Waals surface area contributed by atoms with Crippen molar-refractivity contribution in [3.8, 4) is 0 Å². The molecule has 1 aliphatic rings. The summed E-state index contributed by atoms with van der Waals surface area (Å²) >= 11 is -5.10. The predicted molar refractivity (Wildman–Crippen MR) is 56.7 cm³/mol. The molecule has 2 aromatic rings. The first-order valence-corrected chi connectivity index (χ1v) is 6.27. The van der Waals surface area contributed by atoms with Gasteiger partial charge >= 0.3 is 33.9 Å². The van der Waals surface area contributed by atoms with Gasteiger partial charge in [0.15, 0.2) is 11.2 Å². The van der Waals surface area contributed by atoms with Crippen molar-refractivity contribution in [2.24, 2.45) is 0 Å². The van der Waals surface area contributed by atoms with Crippen LogP contribution in [0.15, 0.2) is 14.4 Å². The lowest BCUT2D eigenvalue weighted by atomic mass is 10.5. The van der Waals surface area contributed by atoms with Gasteiger partial charge in [-0.2, -0.15) is 3.97 Å². The van der Waals surface area contributed by atoms with E-state index in [0.717, 1.165) is 0 Å². The highest BCUT2D eigenvalue weighted by molar-refractivity contribution is 7.81. The van der Waals surface area contributed by atoms with Crippen LogP contribution in [0.5, 0.6) is 0 Å². The van der Waals surface area contributed by atoms with Crippen LogP contribution in [-0.4, -0.2) is 26.3 Å². The minimum absolute atomic E-state index is 0.164. The SMILES string of the molecule is O=c1[nH]c2c(=O)n3c(=O)n(c2[nH]1)S(=O)OOS3=O. The lowest BCUT2D eigenvalue weighted by molar-refractivity contribution is -0.0717. The molecule has 2 N–H and O–H groups in total. The van der Waals surface area contributed by atoms with Gasteiger partial charge in [-0.1, -0.05) is 8.67 Å². The van der Waals surface area contributed by atoms with Crippen LogP contribution in [0.3, 0.4) is 0 Å². The molecular formula is C5H2N4O7S2. The number of hydrogen-bond donors (Lipinski definition) is 2. The lowest BCUT2D eigenvalue weighted by Crippen LogP contribution is -2.40. The number of fused-ring (bicyclic) bond motifs is 4. The van der Waals surface area contributed by atoms with Gasteiger partial charge in [0.1, 0.15) is 0 Å². The summed E-state index contributed by atoms with van der Waals surface area (Å²) in [5.41, 5.74) is -3.76. The van der Waals surface area contributed by atoms with Crippen molar-refractivity contribution in [2.45, 2.75) is 0 Å². The molecule has 96 valence electrons. The van der Waals surface area contributed by atoms with Crippen LogP contribution < -0.4 is 16.9 Å². The van der Waals surface area contributed by atoms with Crippen LogP contribution in [0.25, 0.3) is 11.2 Å². The van der Waals surface area contributed by atoms with Crippen molar-refractivity contribution in [1.29, 1.82) is 0 Å². The van der Waals surface area contributed by atoms with Gasteiger partial charge in [0.2, 0.25) is 0 Å². The van der Waals surface area contributed by atoms with Crippen molar-refractivity contribution in [1.82, 2.24) is 17.9 Å². The third kappa shape index (κ3) is 1.32. The van der Waals surface area contributed by atoms with E-state index in [4.69, 9.17) is 0 Å². The summed E-state index contributed by atoms with van der Waals surface area (Å²) < 4.78 is 31.8. The summed E-state index contributed by atoms with van der Waals surface area (Å²) in [4.78, 5) is 38.9. The molecular weight excluding hydrogens is 292 g/mol.